The zero-order valence-corrected chi connectivity index (χ0v) is 10.4. The first-order chi connectivity index (χ1) is 9.19. The van der Waals surface area contributed by atoms with Crippen molar-refractivity contribution in [3.8, 4) is 0 Å². The van der Waals surface area contributed by atoms with E-state index in [2.05, 4.69) is 15.0 Å². The van der Waals surface area contributed by atoms with Gasteiger partial charge in [0.25, 0.3) is 0 Å². The summed E-state index contributed by atoms with van der Waals surface area (Å²) >= 11 is 0. The van der Waals surface area contributed by atoms with E-state index in [1.165, 1.54) is 13.2 Å². The molecule has 0 radical (unpaired) electrons. The minimum atomic E-state index is -0.539. The minimum absolute atomic E-state index is 0.109. The largest absolute Gasteiger partial charge is 0.445 e. The number of benzene rings is 1. The number of nitrogens with one attached hydrogen (secondary N) is 2. The van der Waals surface area contributed by atoms with Gasteiger partial charge in [-0.05, 0) is 29.1 Å². The molecule has 2 N–H and O–H groups in total. The maximum atomic E-state index is 11.2. The van der Waals surface area contributed by atoms with Crippen molar-refractivity contribution in [2.24, 2.45) is 0 Å². The van der Waals surface area contributed by atoms with Crippen LogP contribution < -0.4 is 10.9 Å². The maximum absolute atomic E-state index is 11.2. The van der Waals surface area contributed by atoms with Gasteiger partial charge >= 0.3 is 6.09 Å². The number of hydrogen-bond donors (Lipinski definition) is 2. The summed E-state index contributed by atoms with van der Waals surface area (Å²) in [7, 11) is 1.48. The Hall–Kier alpha value is -2.34. The summed E-state index contributed by atoms with van der Waals surface area (Å²) in [6.45, 7) is 0.266. The second kappa shape index (κ2) is 6.01. The molecule has 0 aliphatic heterocycles. The molecule has 100 valence electrons. The van der Waals surface area contributed by atoms with Gasteiger partial charge in [0.05, 0.1) is 0 Å². The van der Waals surface area contributed by atoms with Crippen molar-refractivity contribution in [1.82, 2.24) is 10.3 Å². The highest BCUT2D eigenvalue weighted by Crippen LogP contribution is 2.12. The SMILES string of the molecule is COCNC(=O)OCc1ccc2[nH]c(=O)ccc2c1. The Balaban J connectivity index is 2.03. The number of amides is 1. The van der Waals surface area contributed by atoms with Crippen LogP contribution >= 0.6 is 0 Å². The normalized spacial score (nSPS) is 10.4. The Morgan fingerprint density at radius 3 is 2.95 bits per heavy atom. The van der Waals surface area contributed by atoms with Gasteiger partial charge in [0.1, 0.15) is 13.3 Å². The average molecular weight is 262 g/mol. The molecule has 0 saturated carbocycles. The van der Waals surface area contributed by atoms with E-state index in [9.17, 15) is 9.59 Å². The second-order valence-electron chi connectivity index (χ2n) is 3.93. The van der Waals surface area contributed by atoms with Gasteiger partial charge in [-0.25, -0.2) is 4.79 Å². The van der Waals surface area contributed by atoms with Crippen LogP contribution in [-0.4, -0.2) is 24.9 Å². The van der Waals surface area contributed by atoms with Crippen LogP contribution in [0, 0.1) is 0 Å². The third-order valence-corrected chi connectivity index (χ3v) is 2.52. The molecular weight excluding hydrogens is 248 g/mol. The van der Waals surface area contributed by atoms with Crippen molar-refractivity contribution in [3.05, 3.63) is 46.2 Å². The number of methoxy groups -OCH3 is 1. The summed E-state index contributed by atoms with van der Waals surface area (Å²) in [5.74, 6) is 0. The number of aromatic amines is 1. The highest BCUT2D eigenvalue weighted by atomic mass is 16.6. The molecule has 0 aliphatic rings. The number of pyridine rings is 1. The van der Waals surface area contributed by atoms with E-state index >= 15 is 0 Å². The first kappa shape index (κ1) is 13.1. The van der Waals surface area contributed by atoms with Crippen molar-refractivity contribution >= 4 is 17.0 Å². The molecule has 2 aromatic rings. The predicted molar refractivity (Wildman–Crippen MR) is 69.8 cm³/mol. The van der Waals surface area contributed by atoms with Crippen LogP contribution in [0.5, 0.6) is 0 Å². The summed E-state index contributed by atoms with van der Waals surface area (Å²) in [6, 6.07) is 8.61. The molecule has 1 heterocycles. The molecule has 2 rings (SSSR count). The number of H-pyrrole nitrogens is 1. The van der Waals surface area contributed by atoms with Gasteiger partial charge in [0, 0.05) is 18.7 Å². The molecule has 1 aromatic heterocycles. The average Bonchev–Trinajstić information content (AvgIpc) is 2.42. The summed E-state index contributed by atoms with van der Waals surface area (Å²) in [5.41, 5.74) is 1.45. The first-order valence-corrected chi connectivity index (χ1v) is 5.70. The molecule has 0 aliphatic carbocycles. The molecular formula is C13H14N2O4. The molecule has 19 heavy (non-hydrogen) atoms. The lowest BCUT2D eigenvalue weighted by atomic mass is 10.1. The number of hydrogen-bond acceptors (Lipinski definition) is 4. The van der Waals surface area contributed by atoms with Gasteiger partial charge in [-0.2, -0.15) is 0 Å². The minimum Gasteiger partial charge on any atom is -0.445 e. The molecule has 1 aromatic carbocycles. The van der Waals surface area contributed by atoms with Crippen molar-refractivity contribution in [3.63, 3.8) is 0 Å². The number of rotatable bonds is 4. The zero-order valence-electron chi connectivity index (χ0n) is 10.4. The van der Waals surface area contributed by atoms with Crippen LogP contribution in [0.25, 0.3) is 10.9 Å². The molecule has 0 saturated heterocycles. The molecule has 6 heteroatoms. The van der Waals surface area contributed by atoms with E-state index in [4.69, 9.17) is 4.74 Å². The van der Waals surface area contributed by atoms with Crippen molar-refractivity contribution in [1.29, 1.82) is 0 Å². The summed E-state index contributed by atoms with van der Waals surface area (Å²) < 4.78 is 9.69. The van der Waals surface area contributed by atoms with Crippen molar-refractivity contribution in [2.45, 2.75) is 6.61 Å². The van der Waals surface area contributed by atoms with E-state index in [0.717, 1.165) is 16.5 Å². The van der Waals surface area contributed by atoms with Crippen LogP contribution in [0.2, 0.25) is 0 Å². The number of aromatic nitrogens is 1. The fourth-order valence-electron chi connectivity index (χ4n) is 1.62. The summed E-state index contributed by atoms with van der Waals surface area (Å²) in [6.07, 6.45) is -0.539. The highest BCUT2D eigenvalue weighted by molar-refractivity contribution is 5.78. The summed E-state index contributed by atoms with van der Waals surface area (Å²) in [5, 5.41) is 3.30. The third-order valence-electron chi connectivity index (χ3n) is 2.52. The van der Waals surface area contributed by atoms with Gasteiger partial charge in [-0.3, -0.25) is 10.1 Å². The molecule has 0 unspecified atom stereocenters. The highest BCUT2D eigenvalue weighted by Gasteiger charge is 2.02. The first-order valence-electron chi connectivity index (χ1n) is 5.70. The number of fused-ring (bicyclic) bond motifs is 1. The lowest BCUT2D eigenvalue weighted by Crippen LogP contribution is -2.25. The lowest BCUT2D eigenvalue weighted by Gasteiger charge is -2.07. The Kier molecular flexibility index (Phi) is 4.15. The van der Waals surface area contributed by atoms with Crippen LogP contribution in [-0.2, 0) is 16.1 Å². The van der Waals surface area contributed by atoms with Crippen LogP contribution in [0.15, 0.2) is 35.1 Å². The molecule has 0 bridgehead atoms. The van der Waals surface area contributed by atoms with Crippen LogP contribution in [0.3, 0.4) is 0 Å². The summed E-state index contributed by atoms with van der Waals surface area (Å²) in [4.78, 5) is 25.1. The van der Waals surface area contributed by atoms with Gasteiger partial charge in [-0.1, -0.05) is 6.07 Å². The Morgan fingerprint density at radius 1 is 1.32 bits per heavy atom. The fourth-order valence-corrected chi connectivity index (χ4v) is 1.62. The lowest BCUT2D eigenvalue weighted by molar-refractivity contribution is 0.115. The van der Waals surface area contributed by atoms with Gasteiger partial charge < -0.3 is 14.5 Å². The van der Waals surface area contributed by atoms with Crippen LogP contribution in [0.4, 0.5) is 4.79 Å². The Labute approximate surface area is 109 Å². The molecule has 6 nitrogen and oxygen atoms in total. The quantitative estimate of drug-likeness (QED) is 0.815. The van der Waals surface area contributed by atoms with E-state index in [1.807, 2.05) is 6.07 Å². The van der Waals surface area contributed by atoms with Crippen molar-refractivity contribution in [2.75, 3.05) is 13.8 Å². The third kappa shape index (κ3) is 3.56. The smallest absolute Gasteiger partial charge is 0.409 e. The fraction of sp³-hybridized carbons (Fsp3) is 0.231. The van der Waals surface area contributed by atoms with Gasteiger partial charge in [0.15, 0.2) is 0 Å². The van der Waals surface area contributed by atoms with Crippen LogP contribution in [0.1, 0.15) is 5.56 Å². The molecule has 0 spiro atoms. The number of carbonyl (C=O) groups excluding carboxylic acids is 1. The standard InChI is InChI=1S/C13H14N2O4/c1-18-8-14-13(17)19-7-9-2-4-11-10(6-9)3-5-12(16)15-11/h2-6H,7-8H2,1H3,(H,14,17)(H,15,16). The topological polar surface area (TPSA) is 80.4 Å². The predicted octanol–water partition coefficient (Wildman–Crippen LogP) is 1.36. The zero-order chi connectivity index (χ0) is 13.7. The Bertz CT molecular complexity index is 636. The molecule has 1 amide bonds. The monoisotopic (exact) mass is 262 g/mol. The maximum Gasteiger partial charge on any atom is 0.409 e. The Morgan fingerprint density at radius 2 is 2.16 bits per heavy atom. The van der Waals surface area contributed by atoms with E-state index in [1.54, 1.807) is 18.2 Å². The second-order valence-corrected chi connectivity index (χ2v) is 3.93. The number of carbonyl (C=O) groups is 1. The number of ether oxygens (including phenoxy) is 2. The van der Waals surface area contributed by atoms with Gasteiger partial charge in [0.2, 0.25) is 5.56 Å². The molecule has 0 atom stereocenters. The van der Waals surface area contributed by atoms with Crippen molar-refractivity contribution < 1.29 is 14.3 Å². The number of alkyl carbamates (subject to hydrolysis) is 1. The van der Waals surface area contributed by atoms with E-state index in [0.29, 0.717) is 0 Å². The van der Waals surface area contributed by atoms with Gasteiger partial charge in [-0.15, -0.1) is 0 Å². The molecule has 0 fully saturated rings. The van der Waals surface area contributed by atoms with E-state index < -0.39 is 6.09 Å². The van der Waals surface area contributed by atoms with E-state index in [-0.39, 0.29) is 18.9 Å².